The average molecular weight is 468 g/mol. The minimum Gasteiger partial charge on any atom is -0.451 e. The van der Waals surface area contributed by atoms with Gasteiger partial charge in [0.05, 0.1) is 23.2 Å². The van der Waals surface area contributed by atoms with Crippen LogP contribution in [0.2, 0.25) is 0 Å². The Morgan fingerprint density at radius 1 is 1.03 bits per heavy atom. The normalized spacial score (nSPS) is 12.9. The van der Waals surface area contributed by atoms with Crippen LogP contribution in [0.5, 0.6) is 0 Å². The first-order chi connectivity index (χ1) is 15.7. The van der Waals surface area contributed by atoms with Crippen molar-refractivity contribution in [3.05, 3.63) is 65.2 Å². The number of carbonyl (C=O) groups is 3. The van der Waals surface area contributed by atoms with Crippen LogP contribution in [0.4, 0.5) is 0 Å². The fourth-order valence-electron chi connectivity index (χ4n) is 3.38. The van der Waals surface area contributed by atoms with Crippen molar-refractivity contribution in [3.8, 4) is 0 Å². The van der Waals surface area contributed by atoms with Crippen LogP contribution >= 0.6 is 11.3 Å². The van der Waals surface area contributed by atoms with Crippen molar-refractivity contribution < 1.29 is 19.1 Å². The van der Waals surface area contributed by atoms with Crippen LogP contribution in [0.1, 0.15) is 31.3 Å². The number of hydrogen-bond donors (Lipinski definition) is 1. The molecule has 0 spiro atoms. The van der Waals surface area contributed by atoms with Gasteiger partial charge in [-0.3, -0.25) is 9.59 Å². The molecule has 2 atom stereocenters. The van der Waals surface area contributed by atoms with E-state index in [1.165, 1.54) is 23.2 Å². The van der Waals surface area contributed by atoms with Crippen LogP contribution in [-0.2, 0) is 32.1 Å². The third-order valence-electron chi connectivity index (χ3n) is 5.17. The highest BCUT2D eigenvalue weighted by Crippen LogP contribution is 2.22. The average Bonchev–Trinajstić information content (AvgIpc) is 3.19. The van der Waals surface area contributed by atoms with Gasteiger partial charge in [-0.1, -0.05) is 56.3 Å². The van der Waals surface area contributed by atoms with Crippen LogP contribution in [0.15, 0.2) is 54.6 Å². The lowest BCUT2D eigenvalue weighted by Gasteiger charge is -2.25. The maximum Gasteiger partial charge on any atom is 0.329 e. The van der Waals surface area contributed by atoms with Gasteiger partial charge in [0, 0.05) is 7.05 Å². The zero-order chi connectivity index (χ0) is 24.0. The molecule has 33 heavy (non-hydrogen) atoms. The van der Waals surface area contributed by atoms with Gasteiger partial charge in [0.2, 0.25) is 5.91 Å². The van der Waals surface area contributed by atoms with Crippen molar-refractivity contribution in [1.82, 2.24) is 15.2 Å². The van der Waals surface area contributed by atoms with Crippen molar-refractivity contribution in [3.63, 3.8) is 0 Å². The predicted octanol–water partition coefficient (Wildman–Crippen LogP) is 3.57. The number of thiazole rings is 1. The Kier molecular flexibility index (Phi) is 8.16. The second-order valence-electron chi connectivity index (χ2n) is 8.30. The fourth-order valence-corrected chi connectivity index (χ4v) is 4.40. The molecule has 1 aromatic heterocycles. The first-order valence-electron chi connectivity index (χ1n) is 10.9. The quantitative estimate of drug-likeness (QED) is 0.486. The van der Waals surface area contributed by atoms with Gasteiger partial charge in [-0.2, -0.15) is 0 Å². The van der Waals surface area contributed by atoms with Crippen LogP contribution in [0.25, 0.3) is 10.2 Å². The lowest BCUT2D eigenvalue weighted by Crippen LogP contribution is -2.48. The summed E-state index contributed by atoms with van der Waals surface area (Å²) >= 11 is 1.52. The molecule has 0 fully saturated rings. The van der Waals surface area contributed by atoms with E-state index in [1.54, 1.807) is 7.05 Å². The van der Waals surface area contributed by atoms with Crippen LogP contribution < -0.4 is 5.32 Å². The highest BCUT2D eigenvalue weighted by molar-refractivity contribution is 7.18. The molecule has 0 radical (unpaired) electrons. The molecule has 7 nitrogen and oxygen atoms in total. The molecule has 0 saturated carbocycles. The molecule has 3 aromatic rings. The van der Waals surface area contributed by atoms with E-state index in [0.717, 1.165) is 20.8 Å². The highest BCUT2D eigenvalue weighted by atomic mass is 32.1. The summed E-state index contributed by atoms with van der Waals surface area (Å²) in [5, 5.41) is 3.55. The van der Waals surface area contributed by atoms with E-state index in [-0.39, 0.29) is 24.2 Å². The number of benzene rings is 2. The summed E-state index contributed by atoms with van der Waals surface area (Å²) in [5.41, 5.74) is 1.75. The topological polar surface area (TPSA) is 88.6 Å². The Bertz CT molecular complexity index is 1080. The number of nitrogens with one attached hydrogen (secondary N) is 1. The molecule has 0 saturated heterocycles. The van der Waals surface area contributed by atoms with Gasteiger partial charge in [-0.05, 0) is 30.5 Å². The molecular weight excluding hydrogens is 438 g/mol. The Labute approximate surface area is 197 Å². The van der Waals surface area contributed by atoms with E-state index in [9.17, 15) is 14.4 Å². The maximum atomic E-state index is 12.8. The van der Waals surface area contributed by atoms with E-state index in [2.05, 4.69) is 10.3 Å². The van der Waals surface area contributed by atoms with Crippen molar-refractivity contribution in [1.29, 1.82) is 0 Å². The first kappa shape index (κ1) is 24.4. The van der Waals surface area contributed by atoms with Gasteiger partial charge < -0.3 is 15.0 Å². The number of aromatic nitrogens is 1. The summed E-state index contributed by atoms with van der Waals surface area (Å²) < 4.78 is 6.50. The second kappa shape index (κ2) is 11.0. The zero-order valence-corrected chi connectivity index (χ0v) is 20.1. The van der Waals surface area contributed by atoms with Crippen LogP contribution in [0, 0.1) is 5.92 Å². The van der Waals surface area contributed by atoms with Crippen LogP contribution in [0.3, 0.4) is 0 Å². The third kappa shape index (κ3) is 6.61. The summed E-state index contributed by atoms with van der Waals surface area (Å²) in [6, 6.07) is 16.2. The molecule has 1 heterocycles. The van der Waals surface area contributed by atoms with E-state index in [0.29, 0.717) is 6.54 Å². The Balaban J connectivity index is 1.56. The lowest BCUT2D eigenvalue weighted by molar-refractivity contribution is -0.162. The van der Waals surface area contributed by atoms with Gasteiger partial charge in [-0.25, -0.2) is 9.78 Å². The van der Waals surface area contributed by atoms with E-state index >= 15 is 0 Å². The molecule has 8 heteroatoms. The number of fused-ring (bicyclic) bond motifs is 1. The number of amides is 2. The smallest absolute Gasteiger partial charge is 0.329 e. The van der Waals surface area contributed by atoms with Crippen LogP contribution in [-0.4, -0.2) is 46.9 Å². The number of esters is 1. The fraction of sp³-hybridized carbons (Fsp3) is 0.360. The summed E-state index contributed by atoms with van der Waals surface area (Å²) in [6.07, 6.45) is -0.819. The first-order valence-corrected chi connectivity index (χ1v) is 11.7. The van der Waals surface area contributed by atoms with Crippen molar-refractivity contribution in [2.24, 2.45) is 5.92 Å². The number of hydrogen-bond acceptors (Lipinski definition) is 6. The Morgan fingerprint density at radius 3 is 2.36 bits per heavy atom. The molecule has 0 aliphatic carbocycles. The predicted molar refractivity (Wildman–Crippen MR) is 129 cm³/mol. The standard InChI is InChI=1S/C25H29N3O4S/c1-16(2)23(27-21(29)14-18-10-6-5-7-11-18)25(31)32-17(3)24(30)28(4)15-22-26-19-12-8-9-13-20(19)33-22/h5-13,16-17,23H,14-15H2,1-4H3,(H,27,29)/t17?,23-/m0/s1. The zero-order valence-electron chi connectivity index (χ0n) is 19.3. The SMILES string of the molecule is CC(OC(=O)[C@@H](NC(=O)Cc1ccccc1)C(C)C)C(=O)N(C)Cc1nc2ccccc2s1. The summed E-state index contributed by atoms with van der Waals surface area (Å²) in [4.78, 5) is 44.0. The Hall–Kier alpha value is -3.26. The number of ether oxygens (including phenoxy) is 1. The van der Waals surface area contributed by atoms with Crippen molar-refractivity contribution in [2.75, 3.05) is 7.05 Å². The van der Waals surface area contributed by atoms with Gasteiger partial charge in [0.25, 0.3) is 5.91 Å². The molecule has 2 amide bonds. The minimum absolute atomic E-state index is 0.163. The maximum absolute atomic E-state index is 12.8. The third-order valence-corrected chi connectivity index (χ3v) is 6.19. The lowest BCUT2D eigenvalue weighted by atomic mass is 10.0. The van der Waals surface area contributed by atoms with Gasteiger partial charge in [0.15, 0.2) is 6.10 Å². The minimum atomic E-state index is -0.982. The second-order valence-corrected chi connectivity index (χ2v) is 9.42. The number of likely N-dealkylation sites (N-methyl/N-ethyl adjacent to an activating group) is 1. The monoisotopic (exact) mass is 467 g/mol. The van der Waals surface area contributed by atoms with E-state index < -0.39 is 18.1 Å². The Morgan fingerprint density at radius 2 is 1.70 bits per heavy atom. The summed E-state index contributed by atoms with van der Waals surface area (Å²) in [5.74, 6) is -1.43. The molecule has 1 unspecified atom stereocenters. The number of para-hydroxylation sites is 1. The largest absolute Gasteiger partial charge is 0.451 e. The highest BCUT2D eigenvalue weighted by Gasteiger charge is 2.30. The number of rotatable bonds is 9. The molecule has 174 valence electrons. The number of nitrogens with zero attached hydrogens (tertiary/aromatic N) is 2. The summed E-state index contributed by atoms with van der Waals surface area (Å²) in [7, 11) is 1.65. The van der Waals surface area contributed by atoms with E-state index in [1.807, 2.05) is 68.4 Å². The summed E-state index contributed by atoms with van der Waals surface area (Å²) in [6.45, 7) is 5.50. The van der Waals surface area contributed by atoms with Crippen molar-refractivity contribution >= 4 is 39.3 Å². The molecule has 0 aliphatic heterocycles. The molecule has 3 rings (SSSR count). The molecular formula is C25H29N3O4S. The van der Waals surface area contributed by atoms with Gasteiger partial charge in [-0.15, -0.1) is 11.3 Å². The molecule has 0 aliphatic rings. The van der Waals surface area contributed by atoms with Gasteiger partial charge >= 0.3 is 5.97 Å². The molecule has 2 aromatic carbocycles. The number of carbonyl (C=O) groups excluding carboxylic acids is 3. The molecule has 0 bridgehead atoms. The van der Waals surface area contributed by atoms with E-state index in [4.69, 9.17) is 4.74 Å². The molecule has 1 N–H and O–H groups in total. The van der Waals surface area contributed by atoms with Crippen molar-refractivity contribution in [2.45, 2.75) is 45.9 Å². The van der Waals surface area contributed by atoms with Gasteiger partial charge in [0.1, 0.15) is 11.0 Å².